The van der Waals surface area contributed by atoms with Crippen LogP contribution in [0.15, 0.2) is 23.1 Å². The van der Waals surface area contributed by atoms with Crippen molar-refractivity contribution < 1.29 is 13.5 Å². The summed E-state index contributed by atoms with van der Waals surface area (Å²) >= 11 is 6.00. The second-order valence-corrected chi connectivity index (χ2v) is 7.26. The first-order chi connectivity index (χ1) is 9.94. The third kappa shape index (κ3) is 5.58. The predicted molar refractivity (Wildman–Crippen MR) is 85.9 cm³/mol. The molecule has 21 heavy (non-hydrogen) atoms. The second-order valence-electron chi connectivity index (χ2n) is 5.17. The van der Waals surface area contributed by atoms with Crippen LogP contribution in [0.4, 0.5) is 0 Å². The first-order valence-electron chi connectivity index (χ1n) is 7.36. The fraction of sp³-hybridized carbons (Fsp3) is 0.600. The molecule has 0 aromatic heterocycles. The molecule has 4 nitrogen and oxygen atoms in total. The van der Waals surface area contributed by atoms with Gasteiger partial charge in [-0.3, -0.25) is 0 Å². The summed E-state index contributed by atoms with van der Waals surface area (Å²) in [6.07, 6.45) is 4.55. The van der Waals surface area contributed by atoms with E-state index < -0.39 is 10.0 Å². The maximum Gasteiger partial charge on any atom is 0.242 e. The molecular weight excluding hydrogens is 310 g/mol. The van der Waals surface area contributed by atoms with E-state index in [-0.39, 0.29) is 22.6 Å². The van der Waals surface area contributed by atoms with Crippen molar-refractivity contribution in [2.75, 3.05) is 0 Å². The highest BCUT2D eigenvalue weighted by Gasteiger charge is 2.22. The lowest BCUT2D eigenvalue weighted by molar-refractivity contribution is 0.281. The van der Waals surface area contributed by atoms with Gasteiger partial charge in [0.25, 0.3) is 0 Å². The monoisotopic (exact) mass is 333 g/mol. The van der Waals surface area contributed by atoms with Crippen LogP contribution in [0.25, 0.3) is 0 Å². The van der Waals surface area contributed by atoms with Crippen molar-refractivity contribution in [1.82, 2.24) is 4.72 Å². The summed E-state index contributed by atoms with van der Waals surface area (Å²) in [5.74, 6) is 0. The van der Waals surface area contributed by atoms with Crippen LogP contribution in [0.2, 0.25) is 5.02 Å². The smallest absolute Gasteiger partial charge is 0.242 e. The van der Waals surface area contributed by atoms with E-state index in [1.165, 1.54) is 12.1 Å². The minimum atomic E-state index is -3.67. The molecular formula is C15H24ClNO3S. The molecule has 2 N–H and O–H groups in total. The highest BCUT2D eigenvalue weighted by Crippen LogP contribution is 2.23. The molecule has 0 bridgehead atoms. The van der Waals surface area contributed by atoms with Crippen molar-refractivity contribution in [3.63, 3.8) is 0 Å². The van der Waals surface area contributed by atoms with Gasteiger partial charge in [0.15, 0.2) is 0 Å². The minimum Gasteiger partial charge on any atom is -0.392 e. The average Bonchev–Trinajstić information content (AvgIpc) is 2.45. The molecule has 0 heterocycles. The van der Waals surface area contributed by atoms with Crippen LogP contribution >= 0.6 is 11.6 Å². The highest BCUT2D eigenvalue weighted by molar-refractivity contribution is 7.89. The molecule has 120 valence electrons. The van der Waals surface area contributed by atoms with Gasteiger partial charge in [-0.05, 0) is 30.5 Å². The van der Waals surface area contributed by atoms with Crippen molar-refractivity contribution in [2.45, 2.75) is 63.5 Å². The predicted octanol–water partition coefficient (Wildman–Crippen LogP) is 3.47. The van der Waals surface area contributed by atoms with E-state index in [0.717, 1.165) is 32.1 Å². The van der Waals surface area contributed by atoms with Crippen LogP contribution in [-0.2, 0) is 16.6 Å². The second kappa shape index (κ2) is 8.73. The maximum absolute atomic E-state index is 12.5. The Kier molecular flexibility index (Phi) is 7.66. The fourth-order valence-electron chi connectivity index (χ4n) is 2.20. The molecule has 6 heteroatoms. The van der Waals surface area contributed by atoms with Gasteiger partial charge in [-0.2, -0.15) is 0 Å². The lowest BCUT2D eigenvalue weighted by Crippen LogP contribution is -2.35. The quantitative estimate of drug-likeness (QED) is 0.727. The first-order valence-corrected chi connectivity index (χ1v) is 9.22. The summed E-state index contributed by atoms with van der Waals surface area (Å²) in [4.78, 5) is 0.0355. The van der Waals surface area contributed by atoms with Gasteiger partial charge in [0.1, 0.15) is 4.90 Å². The molecule has 1 aromatic rings. The molecule has 1 unspecified atom stereocenters. The van der Waals surface area contributed by atoms with Crippen LogP contribution in [0.1, 0.15) is 51.5 Å². The Morgan fingerprint density at radius 2 is 1.95 bits per heavy atom. The SMILES string of the molecule is CCCCC(CCC)NS(=O)(=O)c1cc(CO)ccc1Cl. The first kappa shape index (κ1) is 18.4. The zero-order valence-corrected chi connectivity index (χ0v) is 14.2. The largest absolute Gasteiger partial charge is 0.392 e. The zero-order chi connectivity index (χ0) is 15.9. The van der Waals surface area contributed by atoms with Crippen molar-refractivity contribution in [3.8, 4) is 0 Å². The van der Waals surface area contributed by atoms with Crippen molar-refractivity contribution in [2.24, 2.45) is 0 Å². The Bertz CT molecular complexity index is 546. The number of unbranched alkanes of at least 4 members (excludes halogenated alkanes) is 1. The number of aliphatic hydroxyl groups excluding tert-OH is 1. The van der Waals surface area contributed by atoms with Crippen LogP contribution < -0.4 is 4.72 Å². The number of sulfonamides is 1. The van der Waals surface area contributed by atoms with Gasteiger partial charge in [0.2, 0.25) is 10.0 Å². The number of halogens is 1. The molecule has 1 rings (SSSR count). The van der Waals surface area contributed by atoms with Crippen molar-refractivity contribution in [1.29, 1.82) is 0 Å². The average molecular weight is 334 g/mol. The number of hydrogen-bond donors (Lipinski definition) is 2. The van der Waals surface area contributed by atoms with Gasteiger partial charge in [-0.25, -0.2) is 13.1 Å². The minimum absolute atomic E-state index is 0.0355. The summed E-state index contributed by atoms with van der Waals surface area (Å²) < 4.78 is 27.7. The normalized spacial score (nSPS) is 13.3. The summed E-state index contributed by atoms with van der Waals surface area (Å²) in [6.45, 7) is 3.90. The summed E-state index contributed by atoms with van der Waals surface area (Å²) in [7, 11) is -3.67. The molecule has 1 aromatic carbocycles. The number of benzene rings is 1. The highest BCUT2D eigenvalue weighted by atomic mass is 35.5. The molecule has 0 radical (unpaired) electrons. The van der Waals surface area contributed by atoms with E-state index >= 15 is 0 Å². The Hall–Kier alpha value is -0.620. The molecule has 0 saturated carbocycles. The molecule has 0 aliphatic rings. The third-order valence-corrected chi connectivity index (χ3v) is 5.33. The fourth-order valence-corrected chi connectivity index (χ4v) is 4.05. The van der Waals surface area contributed by atoms with E-state index in [2.05, 4.69) is 11.6 Å². The Balaban J connectivity index is 2.98. The lowest BCUT2D eigenvalue weighted by Gasteiger charge is -2.18. The molecule has 0 aliphatic carbocycles. The number of rotatable bonds is 9. The number of aliphatic hydroxyl groups is 1. The van der Waals surface area contributed by atoms with E-state index in [1.807, 2.05) is 6.92 Å². The molecule has 0 spiro atoms. The van der Waals surface area contributed by atoms with Gasteiger partial charge in [0, 0.05) is 6.04 Å². The summed E-state index contributed by atoms with van der Waals surface area (Å²) in [5, 5.41) is 9.31. The van der Waals surface area contributed by atoms with Gasteiger partial charge in [-0.15, -0.1) is 0 Å². The van der Waals surface area contributed by atoms with Gasteiger partial charge in [0.05, 0.1) is 11.6 Å². The zero-order valence-electron chi connectivity index (χ0n) is 12.6. The van der Waals surface area contributed by atoms with Crippen molar-refractivity contribution in [3.05, 3.63) is 28.8 Å². The number of hydrogen-bond acceptors (Lipinski definition) is 3. The third-order valence-electron chi connectivity index (χ3n) is 3.33. The lowest BCUT2D eigenvalue weighted by atomic mass is 10.1. The maximum atomic E-state index is 12.5. The van der Waals surface area contributed by atoms with E-state index in [0.29, 0.717) is 5.56 Å². The van der Waals surface area contributed by atoms with Crippen LogP contribution in [-0.4, -0.2) is 19.6 Å². The van der Waals surface area contributed by atoms with E-state index in [1.54, 1.807) is 6.07 Å². The Morgan fingerprint density at radius 1 is 1.24 bits per heavy atom. The van der Waals surface area contributed by atoms with Gasteiger partial charge in [-0.1, -0.05) is 50.8 Å². The molecule has 1 atom stereocenters. The Morgan fingerprint density at radius 3 is 2.52 bits per heavy atom. The summed E-state index contributed by atoms with van der Waals surface area (Å²) in [6, 6.07) is 4.46. The molecule has 0 aliphatic heterocycles. The number of nitrogens with one attached hydrogen (secondary N) is 1. The molecule has 0 fully saturated rings. The van der Waals surface area contributed by atoms with Crippen LogP contribution in [0.3, 0.4) is 0 Å². The van der Waals surface area contributed by atoms with E-state index in [4.69, 9.17) is 16.7 Å². The van der Waals surface area contributed by atoms with Crippen LogP contribution in [0, 0.1) is 0 Å². The van der Waals surface area contributed by atoms with E-state index in [9.17, 15) is 8.42 Å². The molecule has 0 saturated heterocycles. The standard InChI is InChI=1S/C15H24ClNO3S/c1-3-5-7-13(6-4-2)17-21(19,20)15-10-12(11-18)8-9-14(15)16/h8-10,13,17-18H,3-7,11H2,1-2H3. The van der Waals surface area contributed by atoms with Crippen molar-refractivity contribution >= 4 is 21.6 Å². The van der Waals surface area contributed by atoms with Gasteiger partial charge >= 0.3 is 0 Å². The topological polar surface area (TPSA) is 66.4 Å². The summed E-state index contributed by atoms with van der Waals surface area (Å²) in [5.41, 5.74) is 0.528. The van der Waals surface area contributed by atoms with Crippen LogP contribution in [0.5, 0.6) is 0 Å². The van der Waals surface area contributed by atoms with Gasteiger partial charge < -0.3 is 5.11 Å². The Labute approximate surface area is 132 Å². The molecule has 0 amide bonds.